The van der Waals surface area contributed by atoms with E-state index in [-0.39, 0.29) is 11.4 Å². The second-order valence-electron chi connectivity index (χ2n) is 9.05. The molecule has 0 radical (unpaired) electrons. The van der Waals surface area contributed by atoms with Crippen molar-refractivity contribution in [3.63, 3.8) is 0 Å². The van der Waals surface area contributed by atoms with Crippen molar-refractivity contribution in [1.82, 2.24) is 10.6 Å². The van der Waals surface area contributed by atoms with Gasteiger partial charge >= 0.3 is 0 Å². The summed E-state index contributed by atoms with van der Waals surface area (Å²) < 4.78 is 11.5. The Hall–Kier alpha value is -4.80. The molecule has 0 saturated heterocycles. The molecule has 0 saturated carbocycles. The molecule has 0 spiro atoms. The van der Waals surface area contributed by atoms with Crippen LogP contribution in [0.1, 0.15) is 24.0 Å². The first-order valence-corrected chi connectivity index (χ1v) is 12.9. The SMILES string of the molecule is O=[N+]([O-])c1ccc(Oc2ccc(CNCCCCNCc3ccc(Oc4ccc([N+](=O)[O-])cc4)cc3)cc2)cc1. The predicted octanol–water partition coefficient (Wildman–Crippen LogP) is 6.75. The monoisotopic (exact) mass is 542 g/mol. The van der Waals surface area contributed by atoms with E-state index in [1.165, 1.54) is 24.3 Å². The molecule has 4 aromatic rings. The summed E-state index contributed by atoms with van der Waals surface area (Å²) in [5.74, 6) is 2.46. The summed E-state index contributed by atoms with van der Waals surface area (Å²) in [6.45, 7) is 3.36. The van der Waals surface area contributed by atoms with Gasteiger partial charge in [0.15, 0.2) is 0 Å². The van der Waals surface area contributed by atoms with Crippen molar-refractivity contribution in [2.45, 2.75) is 25.9 Å². The summed E-state index contributed by atoms with van der Waals surface area (Å²) in [6.07, 6.45) is 2.10. The lowest BCUT2D eigenvalue weighted by Crippen LogP contribution is -2.18. The van der Waals surface area contributed by atoms with Gasteiger partial charge in [0.25, 0.3) is 11.4 Å². The number of rotatable bonds is 15. The van der Waals surface area contributed by atoms with Gasteiger partial charge in [0, 0.05) is 37.4 Å². The zero-order valence-corrected chi connectivity index (χ0v) is 21.8. The summed E-state index contributed by atoms with van der Waals surface area (Å²) in [4.78, 5) is 20.6. The largest absolute Gasteiger partial charge is 0.457 e. The van der Waals surface area contributed by atoms with Gasteiger partial charge in [0.1, 0.15) is 23.0 Å². The molecule has 4 aromatic carbocycles. The highest BCUT2D eigenvalue weighted by Gasteiger charge is 2.06. The number of nitro benzene ring substituents is 2. The molecule has 0 aliphatic rings. The Kier molecular flexibility index (Phi) is 10.1. The molecule has 0 aromatic heterocycles. The van der Waals surface area contributed by atoms with Crippen LogP contribution in [0.2, 0.25) is 0 Å². The van der Waals surface area contributed by atoms with E-state index < -0.39 is 9.85 Å². The number of benzene rings is 4. The van der Waals surface area contributed by atoms with E-state index in [1.807, 2.05) is 48.5 Å². The fourth-order valence-electron chi connectivity index (χ4n) is 3.86. The zero-order chi connectivity index (χ0) is 28.2. The van der Waals surface area contributed by atoms with Gasteiger partial charge in [-0.15, -0.1) is 0 Å². The third-order valence-corrected chi connectivity index (χ3v) is 6.03. The highest BCUT2D eigenvalue weighted by atomic mass is 16.6. The Morgan fingerprint density at radius 3 is 1.10 bits per heavy atom. The van der Waals surface area contributed by atoms with Crippen LogP contribution in [-0.2, 0) is 13.1 Å². The van der Waals surface area contributed by atoms with E-state index in [9.17, 15) is 20.2 Å². The Bertz CT molecular complexity index is 1270. The molecule has 0 unspecified atom stereocenters. The molecule has 0 aliphatic heterocycles. The number of hydrogen-bond donors (Lipinski definition) is 2. The van der Waals surface area contributed by atoms with Gasteiger partial charge in [-0.05, 0) is 85.6 Å². The number of nitro groups is 2. The Balaban J connectivity index is 1.06. The summed E-state index contributed by atoms with van der Waals surface area (Å²) in [6, 6.07) is 27.5. The molecule has 0 fully saturated rings. The standard InChI is InChI=1S/C30H30N4O6/c35-33(36)25-7-15-29(16-8-25)39-27-11-3-23(4-12-27)21-31-19-1-2-20-32-22-24-5-13-28(14-6-24)40-30-17-9-26(10-18-30)34(37)38/h3-18,31-32H,1-2,19-22H2. The average molecular weight is 543 g/mol. The first kappa shape index (κ1) is 28.2. The highest BCUT2D eigenvalue weighted by molar-refractivity contribution is 5.40. The van der Waals surface area contributed by atoms with Crippen molar-refractivity contribution < 1.29 is 19.3 Å². The minimum absolute atomic E-state index is 0.0323. The molecular weight excluding hydrogens is 512 g/mol. The first-order chi connectivity index (χ1) is 19.5. The minimum atomic E-state index is -0.437. The molecule has 0 heterocycles. The molecule has 206 valence electrons. The minimum Gasteiger partial charge on any atom is -0.457 e. The second-order valence-corrected chi connectivity index (χ2v) is 9.05. The van der Waals surface area contributed by atoms with Crippen LogP contribution in [0, 0.1) is 20.2 Å². The van der Waals surface area contributed by atoms with Gasteiger partial charge in [-0.3, -0.25) is 20.2 Å². The maximum atomic E-state index is 10.7. The topological polar surface area (TPSA) is 129 Å². The van der Waals surface area contributed by atoms with Crippen molar-refractivity contribution in [2.24, 2.45) is 0 Å². The fourth-order valence-corrected chi connectivity index (χ4v) is 3.86. The van der Waals surface area contributed by atoms with Gasteiger partial charge < -0.3 is 20.1 Å². The fraction of sp³-hybridized carbons (Fsp3) is 0.200. The van der Waals surface area contributed by atoms with Crippen molar-refractivity contribution in [3.05, 3.63) is 128 Å². The van der Waals surface area contributed by atoms with E-state index in [4.69, 9.17) is 9.47 Å². The number of non-ortho nitro benzene ring substituents is 2. The van der Waals surface area contributed by atoms with Crippen LogP contribution in [-0.4, -0.2) is 22.9 Å². The summed E-state index contributed by atoms with van der Waals surface area (Å²) in [7, 11) is 0. The molecule has 0 aliphatic carbocycles. The van der Waals surface area contributed by atoms with Crippen molar-refractivity contribution in [2.75, 3.05) is 13.1 Å². The molecule has 2 N–H and O–H groups in total. The summed E-state index contributed by atoms with van der Waals surface area (Å²) >= 11 is 0. The van der Waals surface area contributed by atoms with Crippen molar-refractivity contribution in [3.8, 4) is 23.0 Å². The van der Waals surface area contributed by atoms with Crippen LogP contribution >= 0.6 is 0 Å². The third-order valence-electron chi connectivity index (χ3n) is 6.03. The van der Waals surface area contributed by atoms with Crippen LogP contribution in [0.3, 0.4) is 0 Å². The number of nitrogens with one attached hydrogen (secondary N) is 2. The lowest BCUT2D eigenvalue weighted by molar-refractivity contribution is -0.385. The Morgan fingerprint density at radius 1 is 0.500 bits per heavy atom. The first-order valence-electron chi connectivity index (χ1n) is 12.9. The molecule has 4 rings (SSSR count). The number of nitrogens with zero attached hydrogens (tertiary/aromatic N) is 2. The van der Waals surface area contributed by atoms with Crippen LogP contribution in [0.4, 0.5) is 11.4 Å². The Morgan fingerprint density at radius 2 is 0.800 bits per heavy atom. The number of ether oxygens (including phenoxy) is 2. The number of hydrogen-bond acceptors (Lipinski definition) is 8. The van der Waals surface area contributed by atoms with E-state index in [2.05, 4.69) is 10.6 Å². The zero-order valence-electron chi connectivity index (χ0n) is 21.8. The summed E-state index contributed by atoms with van der Waals surface area (Å²) in [5.41, 5.74) is 2.36. The van der Waals surface area contributed by atoms with E-state index in [1.54, 1.807) is 24.3 Å². The van der Waals surface area contributed by atoms with Crippen LogP contribution in [0.15, 0.2) is 97.1 Å². The third kappa shape index (κ3) is 8.90. The van der Waals surface area contributed by atoms with Crippen LogP contribution in [0.25, 0.3) is 0 Å². The van der Waals surface area contributed by atoms with E-state index in [0.29, 0.717) is 23.0 Å². The lowest BCUT2D eigenvalue weighted by atomic mass is 10.2. The van der Waals surface area contributed by atoms with Crippen molar-refractivity contribution in [1.29, 1.82) is 0 Å². The maximum absolute atomic E-state index is 10.7. The normalized spacial score (nSPS) is 10.7. The molecule has 0 amide bonds. The second kappa shape index (κ2) is 14.4. The summed E-state index contributed by atoms with van der Waals surface area (Å²) in [5, 5.41) is 28.4. The van der Waals surface area contributed by atoms with Gasteiger partial charge in [-0.2, -0.15) is 0 Å². The van der Waals surface area contributed by atoms with Crippen molar-refractivity contribution >= 4 is 11.4 Å². The molecular formula is C30H30N4O6. The quantitative estimate of drug-likeness (QED) is 0.0959. The van der Waals surface area contributed by atoms with Gasteiger partial charge in [0.2, 0.25) is 0 Å². The molecule has 10 heteroatoms. The maximum Gasteiger partial charge on any atom is 0.269 e. The molecule has 10 nitrogen and oxygen atoms in total. The van der Waals surface area contributed by atoms with Crippen LogP contribution < -0.4 is 20.1 Å². The van der Waals surface area contributed by atoms with Gasteiger partial charge in [0.05, 0.1) is 9.85 Å². The lowest BCUT2D eigenvalue weighted by Gasteiger charge is -2.09. The molecule has 40 heavy (non-hydrogen) atoms. The van der Waals surface area contributed by atoms with E-state index in [0.717, 1.165) is 50.1 Å². The Labute approximate surface area is 231 Å². The molecule has 0 bridgehead atoms. The van der Waals surface area contributed by atoms with Gasteiger partial charge in [-0.25, -0.2) is 0 Å². The van der Waals surface area contributed by atoms with E-state index >= 15 is 0 Å². The highest BCUT2D eigenvalue weighted by Crippen LogP contribution is 2.25. The van der Waals surface area contributed by atoms with Gasteiger partial charge in [-0.1, -0.05) is 24.3 Å². The molecule has 0 atom stereocenters. The average Bonchev–Trinajstić information content (AvgIpc) is 2.97. The number of unbranched alkanes of at least 4 members (excludes halogenated alkanes) is 1. The van der Waals surface area contributed by atoms with Crippen LogP contribution in [0.5, 0.6) is 23.0 Å². The predicted molar refractivity (Wildman–Crippen MR) is 152 cm³/mol. The smallest absolute Gasteiger partial charge is 0.269 e.